The molecule has 0 saturated carbocycles. The summed E-state index contributed by atoms with van der Waals surface area (Å²) in [4.78, 5) is 29.1. The van der Waals surface area contributed by atoms with Crippen molar-refractivity contribution in [2.24, 2.45) is 0 Å². The van der Waals surface area contributed by atoms with Gasteiger partial charge in [-0.2, -0.15) is 0 Å². The van der Waals surface area contributed by atoms with Gasteiger partial charge in [-0.25, -0.2) is 4.98 Å². The fraction of sp³-hybridized carbons (Fsp3) is 0.167. The molecule has 3 rings (SSSR count). The number of thiophene rings is 1. The van der Waals surface area contributed by atoms with Crippen LogP contribution < -0.4 is 10.6 Å². The minimum atomic E-state index is -0.220. The Hall–Kier alpha value is -2.73. The van der Waals surface area contributed by atoms with E-state index in [0.29, 0.717) is 11.3 Å². The molecule has 0 aliphatic heterocycles. The molecule has 0 radical (unpaired) electrons. The van der Waals surface area contributed by atoms with Crippen molar-refractivity contribution in [2.45, 2.75) is 20.8 Å². The maximum atomic E-state index is 12.5. The molecule has 0 unspecified atom stereocenters. The van der Waals surface area contributed by atoms with Gasteiger partial charge in [0.1, 0.15) is 4.83 Å². The molecule has 2 heterocycles. The maximum Gasteiger partial charge on any atom is 0.255 e. The van der Waals surface area contributed by atoms with Gasteiger partial charge in [0.05, 0.1) is 5.69 Å². The quantitative estimate of drug-likeness (QED) is 0.754. The molecule has 0 fully saturated rings. The molecule has 0 aliphatic rings. The molecular formula is C18H17N3O2S. The number of carbonyl (C=O) groups is 2. The van der Waals surface area contributed by atoms with E-state index >= 15 is 0 Å². The maximum absolute atomic E-state index is 12.5. The number of hydrogen-bond donors (Lipinski definition) is 2. The monoisotopic (exact) mass is 339 g/mol. The highest BCUT2D eigenvalue weighted by molar-refractivity contribution is 7.17. The number of rotatable bonds is 3. The second-order valence-electron chi connectivity index (χ2n) is 5.63. The predicted octanol–water partition coefficient (Wildman–Crippen LogP) is 4.12. The van der Waals surface area contributed by atoms with Crippen molar-refractivity contribution in [3.05, 3.63) is 52.5 Å². The number of amides is 2. The summed E-state index contributed by atoms with van der Waals surface area (Å²) in [5, 5.41) is 8.49. The Morgan fingerprint density at radius 2 is 1.92 bits per heavy atom. The first kappa shape index (κ1) is 16.1. The molecule has 24 heavy (non-hydrogen) atoms. The number of aromatic nitrogens is 1. The van der Waals surface area contributed by atoms with Gasteiger partial charge >= 0.3 is 0 Å². The first-order chi connectivity index (χ1) is 11.4. The van der Waals surface area contributed by atoms with E-state index < -0.39 is 0 Å². The number of pyridine rings is 1. The van der Waals surface area contributed by atoms with E-state index in [0.717, 1.165) is 27.2 Å². The Balaban J connectivity index is 1.89. The summed E-state index contributed by atoms with van der Waals surface area (Å²) < 4.78 is 0. The summed E-state index contributed by atoms with van der Waals surface area (Å²) in [7, 11) is 0. The van der Waals surface area contributed by atoms with Crippen LogP contribution >= 0.6 is 11.3 Å². The Bertz CT molecular complexity index is 947. The molecule has 5 nitrogen and oxygen atoms in total. The van der Waals surface area contributed by atoms with Crippen molar-refractivity contribution in [1.82, 2.24) is 4.98 Å². The first-order valence-electron chi connectivity index (χ1n) is 7.48. The van der Waals surface area contributed by atoms with Gasteiger partial charge in [0, 0.05) is 34.6 Å². The minimum absolute atomic E-state index is 0.173. The zero-order chi connectivity index (χ0) is 17.3. The number of benzene rings is 1. The highest BCUT2D eigenvalue weighted by atomic mass is 32.1. The zero-order valence-corrected chi connectivity index (χ0v) is 14.5. The van der Waals surface area contributed by atoms with E-state index in [2.05, 4.69) is 15.6 Å². The van der Waals surface area contributed by atoms with Gasteiger partial charge in [0.15, 0.2) is 0 Å². The van der Waals surface area contributed by atoms with E-state index in [1.54, 1.807) is 24.3 Å². The van der Waals surface area contributed by atoms with Crippen molar-refractivity contribution < 1.29 is 9.59 Å². The molecule has 122 valence electrons. The highest BCUT2D eigenvalue weighted by Gasteiger charge is 2.13. The molecule has 0 aliphatic carbocycles. The molecule has 2 amide bonds. The van der Waals surface area contributed by atoms with Crippen LogP contribution in [0.25, 0.3) is 10.2 Å². The number of fused-ring (bicyclic) bond motifs is 1. The number of nitrogens with one attached hydrogen (secondary N) is 2. The minimum Gasteiger partial charge on any atom is -0.326 e. The summed E-state index contributed by atoms with van der Waals surface area (Å²) in [5.41, 5.74) is 3.89. The van der Waals surface area contributed by atoms with Gasteiger partial charge < -0.3 is 10.6 Å². The second kappa shape index (κ2) is 6.41. The Morgan fingerprint density at radius 1 is 1.12 bits per heavy atom. The molecule has 2 N–H and O–H groups in total. The third-order valence-corrected chi connectivity index (χ3v) is 4.43. The van der Waals surface area contributed by atoms with Crippen LogP contribution in [0.3, 0.4) is 0 Å². The van der Waals surface area contributed by atoms with Crippen LogP contribution in [-0.2, 0) is 4.79 Å². The van der Waals surface area contributed by atoms with Crippen LogP contribution in [0.15, 0.2) is 35.7 Å². The number of nitrogens with zero attached hydrogens (tertiary/aromatic N) is 1. The average molecular weight is 339 g/mol. The Labute approximate surface area is 143 Å². The van der Waals surface area contributed by atoms with E-state index in [4.69, 9.17) is 0 Å². The summed E-state index contributed by atoms with van der Waals surface area (Å²) in [6, 6.07) is 8.85. The third kappa shape index (κ3) is 3.28. The lowest BCUT2D eigenvalue weighted by atomic mass is 10.1. The van der Waals surface area contributed by atoms with E-state index in [1.165, 1.54) is 18.3 Å². The average Bonchev–Trinajstić information content (AvgIpc) is 2.89. The van der Waals surface area contributed by atoms with Gasteiger partial charge in [-0.05, 0) is 43.7 Å². The summed E-state index contributed by atoms with van der Waals surface area (Å²) in [6.45, 7) is 5.40. The van der Waals surface area contributed by atoms with Gasteiger partial charge in [-0.1, -0.05) is 6.07 Å². The van der Waals surface area contributed by atoms with Crippen molar-refractivity contribution in [1.29, 1.82) is 0 Å². The number of anilines is 2. The molecule has 0 bridgehead atoms. The SMILES string of the molecule is CC(=O)Nc1cccc(C(=O)Nc2csc3nc(C)cc(C)c23)c1. The normalized spacial score (nSPS) is 10.6. The summed E-state index contributed by atoms with van der Waals surface area (Å²) >= 11 is 1.51. The van der Waals surface area contributed by atoms with Crippen LogP contribution in [0.2, 0.25) is 0 Å². The predicted molar refractivity (Wildman–Crippen MR) is 97.8 cm³/mol. The molecule has 0 atom stereocenters. The lowest BCUT2D eigenvalue weighted by molar-refractivity contribution is -0.114. The van der Waals surface area contributed by atoms with E-state index in [9.17, 15) is 9.59 Å². The van der Waals surface area contributed by atoms with Crippen molar-refractivity contribution in [3.63, 3.8) is 0 Å². The molecule has 2 aromatic heterocycles. The van der Waals surface area contributed by atoms with Gasteiger partial charge in [0.25, 0.3) is 5.91 Å². The number of hydrogen-bond acceptors (Lipinski definition) is 4. The molecule has 0 spiro atoms. The molecule has 0 saturated heterocycles. The van der Waals surface area contributed by atoms with Crippen LogP contribution in [0.1, 0.15) is 28.5 Å². The molecule has 3 aromatic rings. The number of aryl methyl sites for hydroxylation is 2. The smallest absolute Gasteiger partial charge is 0.255 e. The zero-order valence-electron chi connectivity index (χ0n) is 13.6. The Kier molecular flexibility index (Phi) is 4.31. The Morgan fingerprint density at radius 3 is 2.67 bits per heavy atom. The van der Waals surface area contributed by atoms with Crippen LogP contribution in [0.4, 0.5) is 11.4 Å². The van der Waals surface area contributed by atoms with Gasteiger partial charge in [-0.15, -0.1) is 11.3 Å². The third-order valence-electron chi connectivity index (χ3n) is 3.56. The highest BCUT2D eigenvalue weighted by Crippen LogP contribution is 2.32. The summed E-state index contributed by atoms with van der Waals surface area (Å²) in [5.74, 6) is -0.393. The standard InChI is InChI=1S/C18H17N3O2S/c1-10-7-11(2)19-18-16(10)15(9-24-18)21-17(23)13-5-4-6-14(8-13)20-12(3)22/h4-9H,1-3H3,(H,20,22)(H,21,23). The largest absolute Gasteiger partial charge is 0.326 e. The van der Waals surface area contributed by atoms with Crippen LogP contribution in [0, 0.1) is 13.8 Å². The van der Waals surface area contributed by atoms with Crippen molar-refractivity contribution in [2.75, 3.05) is 10.6 Å². The van der Waals surface area contributed by atoms with Gasteiger partial charge in [-0.3, -0.25) is 9.59 Å². The van der Waals surface area contributed by atoms with Crippen LogP contribution in [0.5, 0.6) is 0 Å². The lowest BCUT2D eigenvalue weighted by Crippen LogP contribution is -2.13. The van der Waals surface area contributed by atoms with E-state index in [1.807, 2.05) is 25.3 Å². The molecule has 1 aromatic carbocycles. The fourth-order valence-corrected chi connectivity index (χ4v) is 3.61. The topological polar surface area (TPSA) is 71.1 Å². The second-order valence-corrected chi connectivity index (χ2v) is 6.48. The summed E-state index contributed by atoms with van der Waals surface area (Å²) in [6.07, 6.45) is 0. The van der Waals surface area contributed by atoms with Crippen molar-refractivity contribution >= 4 is 44.7 Å². The lowest BCUT2D eigenvalue weighted by Gasteiger charge is -2.08. The molecular weight excluding hydrogens is 322 g/mol. The fourth-order valence-electron chi connectivity index (χ4n) is 2.62. The number of carbonyl (C=O) groups excluding carboxylic acids is 2. The molecule has 6 heteroatoms. The van der Waals surface area contributed by atoms with Gasteiger partial charge in [0.2, 0.25) is 5.91 Å². The van der Waals surface area contributed by atoms with Crippen LogP contribution in [-0.4, -0.2) is 16.8 Å². The first-order valence-corrected chi connectivity index (χ1v) is 8.36. The van der Waals surface area contributed by atoms with Crippen molar-refractivity contribution in [3.8, 4) is 0 Å². The van der Waals surface area contributed by atoms with E-state index in [-0.39, 0.29) is 11.8 Å².